The number of amides is 1. The van der Waals surface area contributed by atoms with Crippen LogP contribution in [0.15, 0.2) is 78.9 Å². The van der Waals surface area contributed by atoms with E-state index in [4.69, 9.17) is 0 Å². The number of nitrogens with zero attached hydrogens (tertiary/aromatic N) is 3. The molecule has 4 rings (SSSR count). The van der Waals surface area contributed by atoms with E-state index in [0.717, 1.165) is 17.9 Å². The fourth-order valence-electron chi connectivity index (χ4n) is 4.26. The summed E-state index contributed by atoms with van der Waals surface area (Å²) in [6, 6.07) is 24.9. The van der Waals surface area contributed by atoms with Gasteiger partial charge < -0.3 is 15.1 Å². The lowest BCUT2D eigenvalue weighted by atomic mass is 9.95. The first kappa shape index (κ1) is 22.3. The Balaban J connectivity index is 1.31. The minimum atomic E-state index is -0.352. The molecule has 1 aliphatic rings. The first-order valence-corrected chi connectivity index (χ1v) is 11.2. The lowest BCUT2D eigenvalue weighted by Crippen LogP contribution is -2.38. The molecule has 1 fully saturated rings. The molecular formula is C26H28N4O3. The summed E-state index contributed by atoms with van der Waals surface area (Å²) in [7, 11) is 2.05. The average molecular weight is 445 g/mol. The molecule has 0 aromatic heterocycles. The molecule has 1 N–H and O–H groups in total. The summed E-state index contributed by atoms with van der Waals surface area (Å²) in [5.74, 6) is -0.105. The van der Waals surface area contributed by atoms with Crippen molar-refractivity contribution in [2.45, 2.75) is 19.4 Å². The van der Waals surface area contributed by atoms with Crippen molar-refractivity contribution in [1.29, 1.82) is 0 Å². The average Bonchev–Trinajstić information content (AvgIpc) is 2.85. The van der Waals surface area contributed by atoms with Crippen LogP contribution < -0.4 is 15.1 Å². The Morgan fingerprint density at radius 3 is 2.30 bits per heavy atom. The topological polar surface area (TPSA) is 78.7 Å². The summed E-state index contributed by atoms with van der Waals surface area (Å²) in [6.45, 7) is 2.04. The van der Waals surface area contributed by atoms with Gasteiger partial charge in [-0.25, -0.2) is 0 Å². The molecule has 0 bridgehead atoms. The van der Waals surface area contributed by atoms with Gasteiger partial charge in [0.2, 0.25) is 5.91 Å². The Morgan fingerprint density at radius 1 is 1.00 bits per heavy atom. The normalized spacial score (nSPS) is 14.0. The van der Waals surface area contributed by atoms with Gasteiger partial charge in [0, 0.05) is 50.0 Å². The van der Waals surface area contributed by atoms with Crippen LogP contribution in [0.25, 0.3) is 0 Å². The second-order valence-electron chi connectivity index (χ2n) is 8.38. The maximum Gasteiger partial charge on any atom is 0.292 e. The number of para-hydroxylation sites is 2. The van der Waals surface area contributed by atoms with Gasteiger partial charge in [0.15, 0.2) is 0 Å². The highest BCUT2D eigenvalue weighted by molar-refractivity contribution is 5.93. The number of hydrogen-bond donors (Lipinski definition) is 1. The Morgan fingerprint density at radius 2 is 1.64 bits per heavy atom. The number of nitro groups is 1. The van der Waals surface area contributed by atoms with Crippen molar-refractivity contribution in [3.8, 4) is 0 Å². The Hall–Kier alpha value is -3.87. The Labute approximate surface area is 193 Å². The molecule has 1 saturated heterocycles. The van der Waals surface area contributed by atoms with E-state index in [1.807, 2.05) is 60.5 Å². The van der Waals surface area contributed by atoms with Gasteiger partial charge in [-0.1, -0.05) is 42.5 Å². The van der Waals surface area contributed by atoms with Gasteiger partial charge in [-0.2, -0.15) is 0 Å². The maximum absolute atomic E-state index is 12.8. The predicted octanol–water partition coefficient (Wildman–Crippen LogP) is 5.09. The zero-order valence-electron chi connectivity index (χ0n) is 18.7. The van der Waals surface area contributed by atoms with Gasteiger partial charge in [0.1, 0.15) is 5.69 Å². The van der Waals surface area contributed by atoms with Gasteiger partial charge in [0.25, 0.3) is 5.69 Å². The van der Waals surface area contributed by atoms with Crippen molar-refractivity contribution in [1.82, 2.24) is 0 Å². The molecule has 3 aromatic rings. The molecule has 0 saturated carbocycles. The summed E-state index contributed by atoms with van der Waals surface area (Å²) < 4.78 is 0. The van der Waals surface area contributed by atoms with Crippen molar-refractivity contribution >= 4 is 28.7 Å². The van der Waals surface area contributed by atoms with Crippen molar-refractivity contribution in [3.63, 3.8) is 0 Å². The van der Waals surface area contributed by atoms with E-state index in [1.165, 1.54) is 11.6 Å². The zero-order chi connectivity index (χ0) is 23.2. The number of nitrogens with one attached hydrogen (secondary N) is 1. The first-order valence-electron chi connectivity index (χ1n) is 11.2. The number of nitro benzene ring substituents is 1. The second-order valence-corrected chi connectivity index (χ2v) is 8.38. The number of carbonyl (C=O) groups excluding carboxylic acids is 1. The van der Waals surface area contributed by atoms with Crippen LogP contribution in [0.5, 0.6) is 0 Å². The highest BCUT2D eigenvalue weighted by Gasteiger charge is 2.28. The second kappa shape index (κ2) is 10.2. The van der Waals surface area contributed by atoms with Crippen molar-refractivity contribution < 1.29 is 9.72 Å². The Bertz CT molecular complexity index is 1090. The number of rotatable bonds is 7. The molecule has 0 radical (unpaired) electrons. The van der Waals surface area contributed by atoms with Crippen molar-refractivity contribution in [2.75, 3.05) is 35.3 Å². The lowest BCUT2D eigenvalue weighted by Gasteiger charge is -2.32. The van der Waals surface area contributed by atoms with E-state index in [9.17, 15) is 14.9 Å². The molecule has 0 spiro atoms. The number of carbonyl (C=O) groups is 1. The number of benzene rings is 3. The van der Waals surface area contributed by atoms with Gasteiger partial charge in [-0.15, -0.1) is 0 Å². The quantitative estimate of drug-likeness (QED) is 0.406. The van der Waals surface area contributed by atoms with Gasteiger partial charge in [0.05, 0.1) is 4.92 Å². The van der Waals surface area contributed by atoms with Crippen LogP contribution in [0.4, 0.5) is 22.7 Å². The lowest BCUT2D eigenvalue weighted by molar-refractivity contribution is -0.384. The molecule has 7 heteroatoms. The summed E-state index contributed by atoms with van der Waals surface area (Å²) in [5, 5.41) is 14.3. The van der Waals surface area contributed by atoms with E-state index in [-0.39, 0.29) is 22.4 Å². The number of anilines is 3. The fourth-order valence-corrected chi connectivity index (χ4v) is 4.26. The number of hydrogen-bond acceptors (Lipinski definition) is 5. The largest absolute Gasteiger partial charge is 0.370 e. The van der Waals surface area contributed by atoms with Crippen LogP contribution in [0.1, 0.15) is 18.4 Å². The van der Waals surface area contributed by atoms with Crippen molar-refractivity contribution in [2.24, 2.45) is 5.92 Å². The third kappa shape index (κ3) is 5.49. The van der Waals surface area contributed by atoms with E-state index >= 15 is 0 Å². The SMILES string of the molecule is CN(Cc1ccccc1)c1ccc(NC(=O)C2CCN(c3ccccc3[N+](=O)[O-])CC2)cc1. The van der Waals surface area contributed by atoms with Crippen LogP contribution in [0, 0.1) is 16.0 Å². The third-order valence-electron chi connectivity index (χ3n) is 6.12. The molecule has 170 valence electrons. The van der Waals surface area contributed by atoms with E-state index in [1.54, 1.807) is 12.1 Å². The summed E-state index contributed by atoms with van der Waals surface area (Å²) >= 11 is 0. The molecule has 0 aliphatic carbocycles. The predicted molar refractivity (Wildman–Crippen MR) is 132 cm³/mol. The van der Waals surface area contributed by atoms with Crippen LogP contribution in [0.2, 0.25) is 0 Å². The molecule has 1 heterocycles. The van der Waals surface area contributed by atoms with Gasteiger partial charge in [-0.3, -0.25) is 14.9 Å². The molecule has 1 aliphatic heterocycles. The summed E-state index contributed by atoms with van der Waals surface area (Å²) in [6.07, 6.45) is 1.32. The summed E-state index contributed by atoms with van der Waals surface area (Å²) in [4.78, 5) is 27.9. The van der Waals surface area contributed by atoms with Crippen LogP contribution in [-0.4, -0.2) is 31.0 Å². The minimum absolute atomic E-state index is 0.00241. The standard InChI is InChI=1S/C26H28N4O3/c1-28(19-20-7-3-2-4-8-20)23-13-11-22(12-14-23)27-26(31)21-15-17-29(18-16-21)24-9-5-6-10-25(24)30(32)33/h2-14,21H,15-19H2,1H3,(H,27,31). The van der Waals surface area contributed by atoms with Gasteiger partial charge >= 0.3 is 0 Å². The van der Waals surface area contributed by atoms with Crippen LogP contribution >= 0.6 is 0 Å². The van der Waals surface area contributed by atoms with E-state index < -0.39 is 0 Å². The molecule has 3 aromatic carbocycles. The van der Waals surface area contributed by atoms with E-state index in [2.05, 4.69) is 22.3 Å². The molecule has 1 amide bonds. The number of piperidine rings is 1. The van der Waals surface area contributed by atoms with Crippen LogP contribution in [0.3, 0.4) is 0 Å². The van der Waals surface area contributed by atoms with E-state index in [0.29, 0.717) is 31.6 Å². The highest BCUT2D eigenvalue weighted by atomic mass is 16.6. The third-order valence-corrected chi connectivity index (χ3v) is 6.12. The fraction of sp³-hybridized carbons (Fsp3) is 0.269. The van der Waals surface area contributed by atoms with Gasteiger partial charge in [-0.05, 0) is 48.7 Å². The smallest absolute Gasteiger partial charge is 0.292 e. The maximum atomic E-state index is 12.8. The summed E-state index contributed by atoms with van der Waals surface area (Å²) in [5.41, 5.74) is 3.83. The molecular weight excluding hydrogens is 416 g/mol. The molecule has 0 unspecified atom stereocenters. The molecule has 33 heavy (non-hydrogen) atoms. The monoisotopic (exact) mass is 444 g/mol. The minimum Gasteiger partial charge on any atom is -0.370 e. The molecule has 0 atom stereocenters. The van der Waals surface area contributed by atoms with Crippen molar-refractivity contribution in [3.05, 3.63) is 94.5 Å². The first-order chi connectivity index (χ1) is 16.0. The Kier molecular flexibility index (Phi) is 6.88. The van der Waals surface area contributed by atoms with Crippen LogP contribution in [-0.2, 0) is 11.3 Å². The molecule has 7 nitrogen and oxygen atoms in total. The zero-order valence-corrected chi connectivity index (χ0v) is 18.7. The highest BCUT2D eigenvalue weighted by Crippen LogP contribution is 2.31.